The maximum absolute atomic E-state index is 12.2. The highest BCUT2D eigenvalue weighted by molar-refractivity contribution is 7.89. The third kappa shape index (κ3) is 3.59. The molecular formula is C13H24N4O2S. The van der Waals surface area contributed by atoms with E-state index in [-0.39, 0.29) is 11.6 Å². The van der Waals surface area contributed by atoms with Gasteiger partial charge in [-0.1, -0.05) is 26.2 Å². The zero-order chi connectivity index (χ0) is 14.6. The summed E-state index contributed by atoms with van der Waals surface area (Å²) in [6.07, 6.45) is 7.32. The van der Waals surface area contributed by atoms with Crippen molar-refractivity contribution in [1.29, 1.82) is 0 Å². The summed E-state index contributed by atoms with van der Waals surface area (Å²) in [6, 6.07) is 0. The van der Waals surface area contributed by atoms with Crippen LogP contribution in [0.5, 0.6) is 0 Å². The van der Waals surface area contributed by atoms with E-state index in [1.165, 1.54) is 25.5 Å². The Balaban J connectivity index is 1.90. The summed E-state index contributed by atoms with van der Waals surface area (Å²) in [5.41, 5.74) is 6.03. The van der Waals surface area contributed by atoms with Crippen molar-refractivity contribution in [3.05, 3.63) is 11.8 Å². The van der Waals surface area contributed by atoms with Gasteiger partial charge in [-0.2, -0.15) is 5.10 Å². The molecule has 1 aromatic rings. The quantitative estimate of drug-likeness (QED) is 0.738. The van der Waals surface area contributed by atoms with Crippen LogP contribution < -0.4 is 10.5 Å². The molecule has 114 valence electrons. The van der Waals surface area contributed by atoms with Crippen LogP contribution in [0.15, 0.2) is 11.2 Å². The van der Waals surface area contributed by atoms with Crippen LogP contribution >= 0.6 is 0 Å². The minimum absolute atomic E-state index is 0.0993. The third-order valence-corrected chi connectivity index (χ3v) is 5.71. The molecule has 4 N–H and O–H groups in total. The van der Waals surface area contributed by atoms with Crippen LogP contribution in [0.25, 0.3) is 0 Å². The largest absolute Gasteiger partial charge is 0.326 e. The zero-order valence-electron chi connectivity index (χ0n) is 11.9. The maximum atomic E-state index is 12.2. The van der Waals surface area contributed by atoms with E-state index in [0.29, 0.717) is 18.0 Å². The molecule has 0 spiro atoms. The Hall–Kier alpha value is -0.920. The van der Waals surface area contributed by atoms with E-state index < -0.39 is 10.0 Å². The van der Waals surface area contributed by atoms with Crippen LogP contribution in [0.4, 0.5) is 0 Å². The highest BCUT2D eigenvalue weighted by Gasteiger charge is 2.24. The first-order valence-corrected chi connectivity index (χ1v) is 8.77. The lowest BCUT2D eigenvalue weighted by Crippen LogP contribution is -2.32. The van der Waals surface area contributed by atoms with Crippen molar-refractivity contribution in [2.24, 2.45) is 17.6 Å². The molecule has 0 aliphatic heterocycles. The number of hydrogen-bond acceptors (Lipinski definition) is 4. The molecule has 1 heterocycles. The van der Waals surface area contributed by atoms with Gasteiger partial charge in [0.2, 0.25) is 0 Å². The Morgan fingerprint density at radius 3 is 2.60 bits per heavy atom. The number of nitrogens with zero attached hydrogens (tertiary/aromatic N) is 1. The van der Waals surface area contributed by atoms with Gasteiger partial charge in [-0.25, -0.2) is 13.1 Å². The van der Waals surface area contributed by atoms with Crippen molar-refractivity contribution in [3.63, 3.8) is 0 Å². The molecule has 0 saturated heterocycles. The topological polar surface area (TPSA) is 101 Å². The summed E-state index contributed by atoms with van der Waals surface area (Å²) in [4.78, 5) is 0. The van der Waals surface area contributed by atoms with E-state index in [1.54, 1.807) is 0 Å². The summed E-state index contributed by atoms with van der Waals surface area (Å²) >= 11 is 0. The smallest absolute Gasteiger partial charge is 0.257 e. The summed E-state index contributed by atoms with van der Waals surface area (Å²) in [6.45, 7) is 2.89. The number of nitrogens with two attached hydrogens (primary N) is 1. The van der Waals surface area contributed by atoms with E-state index in [0.717, 1.165) is 18.8 Å². The van der Waals surface area contributed by atoms with Gasteiger partial charge in [0.15, 0.2) is 5.03 Å². The Bertz CT molecular complexity index is 518. The fourth-order valence-electron chi connectivity index (χ4n) is 2.82. The average Bonchev–Trinajstić information content (AvgIpc) is 2.95. The number of hydrogen-bond donors (Lipinski definition) is 3. The molecule has 1 saturated carbocycles. The minimum Gasteiger partial charge on any atom is -0.326 e. The molecule has 6 nitrogen and oxygen atoms in total. The standard InChI is InChI=1S/C13H24N4O2S/c1-2-10-3-5-11(6-4-10)8-16-20(18,19)13-12(7-14)9-15-17-13/h9-11,16H,2-8,14H2,1H3,(H,15,17). The summed E-state index contributed by atoms with van der Waals surface area (Å²) in [7, 11) is -3.53. The molecule has 7 heteroatoms. The van der Waals surface area contributed by atoms with Gasteiger partial charge in [-0.3, -0.25) is 5.10 Å². The van der Waals surface area contributed by atoms with Crippen molar-refractivity contribution in [2.45, 2.75) is 50.6 Å². The number of aromatic nitrogens is 2. The molecule has 0 amide bonds. The van der Waals surface area contributed by atoms with Gasteiger partial charge >= 0.3 is 0 Å². The Labute approximate surface area is 120 Å². The molecule has 1 aromatic heterocycles. The van der Waals surface area contributed by atoms with Crippen molar-refractivity contribution in [1.82, 2.24) is 14.9 Å². The van der Waals surface area contributed by atoms with Gasteiger partial charge in [0.05, 0.1) is 6.20 Å². The van der Waals surface area contributed by atoms with Crippen LogP contribution in [0.1, 0.15) is 44.6 Å². The molecular weight excluding hydrogens is 276 g/mol. The van der Waals surface area contributed by atoms with Crippen LogP contribution in [0.2, 0.25) is 0 Å². The van der Waals surface area contributed by atoms with Gasteiger partial charge in [-0.15, -0.1) is 0 Å². The maximum Gasteiger partial charge on any atom is 0.257 e. The molecule has 1 fully saturated rings. The Kier molecular flexibility index (Phi) is 5.17. The SMILES string of the molecule is CCC1CCC(CNS(=O)(=O)c2[nH]ncc2CN)CC1. The zero-order valence-corrected chi connectivity index (χ0v) is 12.7. The second kappa shape index (κ2) is 6.69. The van der Waals surface area contributed by atoms with E-state index >= 15 is 0 Å². The van der Waals surface area contributed by atoms with E-state index in [2.05, 4.69) is 21.8 Å². The molecule has 2 rings (SSSR count). The van der Waals surface area contributed by atoms with E-state index in [1.807, 2.05) is 0 Å². The molecule has 0 radical (unpaired) electrons. The fraction of sp³-hybridized carbons (Fsp3) is 0.769. The predicted octanol–water partition coefficient (Wildman–Crippen LogP) is 1.36. The lowest BCUT2D eigenvalue weighted by molar-refractivity contribution is 0.270. The molecule has 20 heavy (non-hydrogen) atoms. The Morgan fingerprint density at radius 1 is 1.35 bits per heavy atom. The monoisotopic (exact) mass is 300 g/mol. The van der Waals surface area contributed by atoms with Crippen LogP contribution in [-0.2, 0) is 16.6 Å². The van der Waals surface area contributed by atoms with Crippen LogP contribution in [-0.4, -0.2) is 25.2 Å². The first-order chi connectivity index (χ1) is 9.56. The first-order valence-electron chi connectivity index (χ1n) is 7.28. The number of H-pyrrole nitrogens is 1. The number of nitrogens with one attached hydrogen (secondary N) is 2. The predicted molar refractivity (Wildman–Crippen MR) is 77.4 cm³/mol. The van der Waals surface area contributed by atoms with Gasteiger partial charge in [0, 0.05) is 18.7 Å². The number of sulfonamides is 1. The molecule has 1 aliphatic rings. The lowest BCUT2D eigenvalue weighted by atomic mass is 9.81. The van der Waals surface area contributed by atoms with Crippen molar-refractivity contribution in [2.75, 3.05) is 6.54 Å². The average molecular weight is 300 g/mol. The highest BCUT2D eigenvalue weighted by atomic mass is 32.2. The van der Waals surface area contributed by atoms with Crippen molar-refractivity contribution in [3.8, 4) is 0 Å². The first kappa shape index (κ1) is 15.5. The summed E-state index contributed by atoms with van der Waals surface area (Å²) in [5, 5.41) is 6.37. The Morgan fingerprint density at radius 2 is 2.00 bits per heavy atom. The van der Waals surface area contributed by atoms with Gasteiger partial charge in [0.1, 0.15) is 0 Å². The molecule has 0 aromatic carbocycles. The van der Waals surface area contributed by atoms with Crippen LogP contribution in [0.3, 0.4) is 0 Å². The molecule has 0 unspecified atom stereocenters. The molecule has 0 atom stereocenters. The highest BCUT2D eigenvalue weighted by Crippen LogP contribution is 2.30. The van der Waals surface area contributed by atoms with Gasteiger partial charge in [-0.05, 0) is 24.7 Å². The van der Waals surface area contributed by atoms with E-state index in [9.17, 15) is 8.42 Å². The van der Waals surface area contributed by atoms with Crippen LogP contribution in [0, 0.1) is 11.8 Å². The molecule has 0 bridgehead atoms. The van der Waals surface area contributed by atoms with Gasteiger partial charge < -0.3 is 5.73 Å². The second-order valence-corrected chi connectivity index (χ2v) is 7.28. The van der Waals surface area contributed by atoms with Crippen molar-refractivity contribution >= 4 is 10.0 Å². The minimum atomic E-state index is -3.53. The second-order valence-electron chi connectivity index (χ2n) is 5.58. The number of rotatable bonds is 6. The number of aromatic amines is 1. The molecule has 1 aliphatic carbocycles. The fourth-order valence-corrected chi connectivity index (χ4v) is 4.07. The van der Waals surface area contributed by atoms with Crippen molar-refractivity contribution < 1.29 is 8.42 Å². The summed E-state index contributed by atoms with van der Waals surface area (Å²) in [5.74, 6) is 1.26. The summed E-state index contributed by atoms with van der Waals surface area (Å²) < 4.78 is 27.1. The normalized spacial score (nSPS) is 23.9. The lowest BCUT2D eigenvalue weighted by Gasteiger charge is -2.27. The third-order valence-electron chi connectivity index (χ3n) is 4.27. The van der Waals surface area contributed by atoms with Gasteiger partial charge in [0.25, 0.3) is 10.0 Å². The van der Waals surface area contributed by atoms with E-state index in [4.69, 9.17) is 5.73 Å².